The van der Waals surface area contributed by atoms with Crippen molar-refractivity contribution in [2.24, 2.45) is 0 Å². The Kier molecular flexibility index (Phi) is 7.48. The maximum atomic E-state index is 6.02. The van der Waals surface area contributed by atoms with E-state index in [9.17, 15) is 0 Å². The van der Waals surface area contributed by atoms with Gasteiger partial charge in [0.05, 0.1) is 11.6 Å². The van der Waals surface area contributed by atoms with Crippen molar-refractivity contribution in [3.63, 3.8) is 0 Å². The van der Waals surface area contributed by atoms with E-state index >= 15 is 0 Å². The predicted octanol–water partition coefficient (Wildman–Crippen LogP) is 4.54. The number of rotatable bonds is 8. The first-order chi connectivity index (χ1) is 8.61. The van der Waals surface area contributed by atoms with Crippen LogP contribution < -0.4 is 10.1 Å². The molecule has 1 N–H and O–H groups in total. The molecule has 0 aliphatic rings. The van der Waals surface area contributed by atoms with Gasteiger partial charge in [-0.3, -0.25) is 0 Å². The number of benzene rings is 1. The molecule has 0 saturated carbocycles. The van der Waals surface area contributed by atoms with Crippen LogP contribution in [0.4, 0.5) is 0 Å². The Balaban J connectivity index is 2.13. The lowest BCUT2D eigenvalue weighted by Gasteiger charge is -2.09. The van der Waals surface area contributed by atoms with E-state index in [1.807, 2.05) is 12.1 Å². The lowest BCUT2D eigenvalue weighted by molar-refractivity contribution is 0.305. The average molecular weight is 290 g/mol. The molecule has 1 aromatic rings. The summed E-state index contributed by atoms with van der Waals surface area (Å²) in [5.74, 6) is 0.671. The second kappa shape index (κ2) is 8.63. The van der Waals surface area contributed by atoms with Crippen molar-refractivity contribution in [3.05, 3.63) is 28.2 Å². The maximum absolute atomic E-state index is 6.02. The predicted molar refractivity (Wildman–Crippen MR) is 78.9 cm³/mol. The van der Waals surface area contributed by atoms with Gasteiger partial charge in [0.15, 0.2) is 0 Å². The van der Waals surface area contributed by atoms with E-state index < -0.39 is 0 Å². The zero-order valence-corrected chi connectivity index (χ0v) is 12.5. The van der Waals surface area contributed by atoms with Crippen LogP contribution in [0.25, 0.3) is 0 Å². The quantitative estimate of drug-likeness (QED) is 0.710. The van der Waals surface area contributed by atoms with Crippen molar-refractivity contribution >= 4 is 23.2 Å². The Hall–Kier alpha value is -0.440. The molecule has 1 rings (SSSR count). The normalized spacial score (nSPS) is 10.9. The van der Waals surface area contributed by atoms with E-state index in [0.717, 1.165) is 19.4 Å². The Bertz CT molecular complexity index is 356. The minimum atomic E-state index is 0.501. The van der Waals surface area contributed by atoms with Crippen LogP contribution in [-0.4, -0.2) is 19.2 Å². The summed E-state index contributed by atoms with van der Waals surface area (Å²) in [6.07, 6.45) is 3.35. The van der Waals surface area contributed by atoms with Crippen molar-refractivity contribution < 1.29 is 4.74 Å². The minimum Gasteiger partial charge on any atom is -0.492 e. The molecule has 0 saturated heterocycles. The van der Waals surface area contributed by atoms with Gasteiger partial charge in [-0.1, -0.05) is 43.1 Å². The van der Waals surface area contributed by atoms with Crippen LogP contribution in [0.15, 0.2) is 18.2 Å². The van der Waals surface area contributed by atoms with E-state index in [0.29, 0.717) is 28.4 Å². The van der Waals surface area contributed by atoms with Gasteiger partial charge in [-0.25, -0.2) is 0 Å². The third kappa shape index (κ3) is 5.94. The van der Waals surface area contributed by atoms with Crippen molar-refractivity contribution in [3.8, 4) is 5.75 Å². The van der Waals surface area contributed by atoms with Gasteiger partial charge in [-0.2, -0.15) is 0 Å². The molecule has 0 spiro atoms. The fourth-order valence-electron chi connectivity index (χ4n) is 1.57. The first-order valence-corrected chi connectivity index (χ1v) is 7.17. The average Bonchev–Trinajstić information content (AvgIpc) is 2.32. The van der Waals surface area contributed by atoms with Gasteiger partial charge in [0.2, 0.25) is 0 Å². The summed E-state index contributed by atoms with van der Waals surface area (Å²) in [6.45, 7) is 6.06. The molecule has 0 aliphatic carbocycles. The highest BCUT2D eigenvalue weighted by Gasteiger charge is 2.04. The third-order valence-corrected chi connectivity index (χ3v) is 3.35. The molecule has 0 radical (unpaired) electrons. The second-order valence-electron chi connectivity index (χ2n) is 4.57. The lowest BCUT2D eigenvalue weighted by atomic mass is 10.2. The highest BCUT2D eigenvalue weighted by atomic mass is 35.5. The van der Waals surface area contributed by atoms with Gasteiger partial charge in [-0.15, -0.1) is 0 Å². The summed E-state index contributed by atoms with van der Waals surface area (Å²) in [4.78, 5) is 0. The van der Waals surface area contributed by atoms with Gasteiger partial charge in [-0.05, 0) is 37.9 Å². The number of halogens is 2. The molecule has 102 valence electrons. The minimum absolute atomic E-state index is 0.501. The SMILES string of the molecule is CC(C)NCCCCCOc1cccc(Cl)c1Cl. The zero-order chi connectivity index (χ0) is 13.4. The first-order valence-electron chi connectivity index (χ1n) is 6.41. The summed E-state index contributed by atoms with van der Waals surface area (Å²) in [5, 5.41) is 4.43. The number of nitrogens with one attached hydrogen (secondary N) is 1. The van der Waals surface area contributed by atoms with Gasteiger partial charge in [0.25, 0.3) is 0 Å². The van der Waals surface area contributed by atoms with Crippen LogP contribution in [0.2, 0.25) is 10.0 Å². The van der Waals surface area contributed by atoms with Crippen LogP contribution in [0.1, 0.15) is 33.1 Å². The Morgan fingerprint density at radius 1 is 1.17 bits per heavy atom. The molecule has 4 heteroatoms. The molecule has 18 heavy (non-hydrogen) atoms. The zero-order valence-electron chi connectivity index (χ0n) is 11.0. The van der Waals surface area contributed by atoms with Crippen molar-refractivity contribution in [2.75, 3.05) is 13.2 Å². The Morgan fingerprint density at radius 3 is 2.67 bits per heavy atom. The largest absolute Gasteiger partial charge is 0.492 e. The Morgan fingerprint density at radius 2 is 1.94 bits per heavy atom. The lowest BCUT2D eigenvalue weighted by Crippen LogP contribution is -2.23. The number of ether oxygens (including phenoxy) is 1. The molecule has 0 atom stereocenters. The van der Waals surface area contributed by atoms with E-state index in [4.69, 9.17) is 27.9 Å². The van der Waals surface area contributed by atoms with Crippen molar-refractivity contribution in [2.45, 2.75) is 39.2 Å². The first kappa shape index (κ1) is 15.6. The highest BCUT2D eigenvalue weighted by Crippen LogP contribution is 2.31. The van der Waals surface area contributed by atoms with Gasteiger partial charge >= 0.3 is 0 Å². The topological polar surface area (TPSA) is 21.3 Å². The standard InChI is InChI=1S/C14H21Cl2NO/c1-11(2)17-9-4-3-5-10-18-13-8-6-7-12(15)14(13)16/h6-8,11,17H,3-5,9-10H2,1-2H3. The molecule has 0 heterocycles. The fourth-order valence-corrected chi connectivity index (χ4v) is 1.92. The summed E-state index contributed by atoms with van der Waals surface area (Å²) >= 11 is 11.9. The van der Waals surface area contributed by atoms with Crippen molar-refractivity contribution in [1.82, 2.24) is 5.32 Å². The fraction of sp³-hybridized carbons (Fsp3) is 0.571. The van der Waals surface area contributed by atoms with Gasteiger partial charge in [0, 0.05) is 6.04 Å². The van der Waals surface area contributed by atoms with E-state index in [1.165, 1.54) is 6.42 Å². The summed E-state index contributed by atoms with van der Waals surface area (Å²) in [7, 11) is 0. The molecule has 0 bridgehead atoms. The van der Waals surface area contributed by atoms with Gasteiger partial charge < -0.3 is 10.1 Å². The highest BCUT2D eigenvalue weighted by molar-refractivity contribution is 6.42. The van der Waals surface area contributed by atoms with Crippen LogP contribution in [-0.2, 0) is 0 Å². The van der Waals surface area contributed by atoms with Crippen LogP contribution in [0.5, 0.6) is 5.75 Å². The van der Waals surface area contributed by atoms with E-state index in [1.54, 1.807) is 6.07 Å². The summed E-state index contributed by atoms with van der Waals surface area (Å²) < 4.78 is 5.61. The third-order valence-electron chi connectivity index (χ3n) is 2.55. The molecular weight excluding hydrogens is 269 g/mol. The monoisotopic (exact) mass is 289 g/mol. The molecular formula is C14H21Cl2NO. The van der Waals surface area contributed by atoms with E-state index in [-0.39, 0.29) is 0 Å². The summed E-state index contributed by atoms with van der Waals surface area (Å²) in [6, 6.07) is 6.01. The summed E-state index contributed by atoms with van der Waals surface area (Å²) in [5.41, 5.74) is 0. The van der Waals surface area contributed by atoms with Crippen molar-refractivity contribution in [1.29, 1.82) is 0 Å². The molecule has 0 aromatic heterocycles. The molecule has 0 unspecified atom stereocenters. The molecule has 0 amide bonds. The maximum Gasteiger partial charge on any atom is 0.139 e. The van der Waals surface area contributed by atoms with Gasteiger partial charge in [0.1, 0.15) is 10.8 Å². The smallest absolute Gasteiger partial charge is 0.139 e. The number of unbranched alkanes of at least 4 members (excludes halogenated alkanes) is 2. The van der Waals surface area contributed by atoms with Crippen LogP contribution in [0, 0.1) is 0 Å². The number of hydrogen-bond donors (Lipinski definition) is 1. The second-order valence-corrected chi connectivity index (χ2v) is 5.36. The number of hydrogen-bond acceptors (Lipinski definition) is 2. The molecule has 1 aromatic carbocycles. The Labute approximate surface area is 120 Å². The molecule has 2 nitrogen and oxygen atoms in total. The van der Waals surface area contributed by atoms with Crippen LogP contribution in [0.3, 0.4) is 0 Å². The van der Waals surface area contributed by atoms with Crippen LogP contribution >= 0.6 is 23.2 Å². The molecule has 0 aliphatic heterocycles. The molecule has 0 fully saturated rings. The van der Waals surface area contributed by atoms with E-state index in [2.05, 4.69) is 19.2 Å².